The zero-order valence-corrected chi connectivity index (χ0v) is 21.8. The first-order valence-electron chi connectivity index (χ1n) is 10.4. The number of rotatable bonds is 9. The van der Waals surface area contributed by atoms with Gasteiger partial charge in [0.1, 0.15) is 15.6 Å². The Morgan fingerprint density at radius 1 is 1.10 bits per heavy atom. The van der Waals surface area contributed by atoms with Gasteiger partial charge < -0.3 is 16.4 Å². The maximum Gasteiger partial charge on any atom is 0.316 e. The molecule has 0 atom stereocenters. The number of carbonyl (C=O) groups is 1. The van der Waals surface area contributed by atoms with E-state index in [1.807, 2.05) is 0 Å². The van der Waals surface area contributed by atoms with Crippen LogP contribution in [0.2, 0.25) is 5.02 Å². The van der Waals surface area contributed by atoms with Gasteiger partial charge in [-0.1, -0.05) is 22.7 Å². The quantitative estimate of drug-likeness (QED) is 0.0286. The highest BCUT2D eigenvalue weighted by molar-refractivity contribution is 7.94. The van der Waals surface area contributed by atoms with Crippen LogP contribution in [0.4, 0.5) is 42.1 Å². The Morgan fingerprint density at radius 3 is 2.58 bits per heavy atom. The molecule has 0 saturated heterocycles. The van der Waals surface area contributed by atoms with E-state index in [0.717, 1.165) is 6.07 Å². The Hall–Kier alpha value is -4.04. The van der Waals surface area contributed by atoms with E-state index >= 15 is 0 Å². The molecule has 6 N–H and O–H groups in total. The molecule has 19 heteroatoms. The van der Waals surface area contributed by atoms with Crippen molar-refractivity contribution in [3.8, 4) is 0 Å². The van der Waals surface area contributed by atoms with Crippen molar-refractivity contribution in [2.45, 2.75) is 9.79 Å². The predicted octanol–water partition coefficient (Wildman–Crippen LogP) is 5.89. The van der Waals surface area contributed by atoms with E-state index < -0.39 is 38.1 Å². The van der Waals surface area contributed by atoms with Crippen LogP contribution in [0.15, 0.2) is 68.6 Å². The Labute approximate surface area is 232 Å². The largest absolute Gasteiger partial charge is 0.351 e. The highest BCUT2D eigenvalue weighted by atomic mass is 35.5. The van der Waals surface area contributed by atoms with Gasteiger partial charge >= 0.3 is 12.1 Å². The third kappa shape index (κ3) is 6.93. The number of azo groups is 1. The smallest absolute Gasteiger partial charge is 0.316 e. The van der Waals surface area contributed by atoms with Crippen LogP contribution < -0.4 is 16.4 Å². The molecule has 0 aliphatic rings. The molecule has 1 aromatic heterocycles. The molecular weight excluding hydrogens is 600 g/mol. The molecule has 0 saturated carbocycles. The first kappa shape index (κ1) is 29.0. The summed E-state index contributed by atoms with van der Waals surface area (Å²) < 4.78 is 65.1. The molecule has 40 heavy (non-hydrogen) atoms. The van der Waals surface area contributed by atoms with Crippen molar-refractivity contribution in [3.05, 3.63) is 65.6 Å². The molecule has 1 heterocycles. The second-order valence-corrected chi connectivity index (χ2v) is 10.1. The van der Waals surface area contributed by atoms with Crippen LogP contribution in [0.5, 0.6) is 0 Å². The van der Waals surface area contributed by atoms with Gasteiger partial charge in [0.25, 0.3) is 10.1 Å². The first-order valence-corrected chi connectivity index (χ1v) is 13.0. The van der Waals surface area contributed by atoms with E-state index in [2.05, 4.69) is 40.2 Å². The van der Waals surface area contributed by atoms with Gasteiger partial charge in [-0.3, -0.25) is 4.55 Å². The van der Waals surface area contributed by atoms with Gasteiger partial charge in [-0.05, 0) is 47.9 Å². The normalized spacial score (nSPS) is 11.7. The Balaban J connectivity index is 1.69. The van der Waals surface area contributed by atoms with E-state index in [0.29, 0.717) is 17.4 Å². The lowest BCUT2D eigenvalue weighted by atomic mass is 10.1. The number of urea groups is 1. The number of halogens is 3. The zero-order chi connectivity index (χ0) is 29.0. The minimum absolute atomic E-state index is 0.0274. The fourth-order valence-electron chi connectivity index (χ4n) is 3.32. The van der Waals surface area contributed by atoms with Crippen molar-refractivity contribution in [1.29, 1.82) is 0 Å². The molecule has 4 aromatic rings. The van der Waals surface area contributed by atoms with Crippen LogP contribution in [0.1, 0.15) is 0 Å². The second kappa shape index (κ2) is 12.0. The summed E-state index contributed by atoms with van der Waals surface area (Å²) in [6.07, 6.45) is -1.36. The topological polar surface area (TPSA) is 211 Å². The van der Waals surface area contributed by atoms with Gasteiger partial charge in [0.15, 0.2) is 5.82 Å². The number of aromatic nitrogens is 2. The van der Waals surface area contributed by atoms with Crippen molar-refractivity contribution in [1.82, 2.24) is 9.97 Å². The Morgan fingerprint density at radius 2 is 1.88 bits per heavy atom. The SMILES string of the molecule is NC(=O)Nc1cc(Nc2nc(F)nc(F)c2Cl)ccc1N=Nc1ccc2cc(SOOO)cc(S(=O)(=O)O)c2c1. The summed E-state index contributed by atoms with van der Waals surface area (Å²) in [7, 11) is -4.70. The number of carbonyl (C=O) groups excluding carboxylic acids is 1. The number of primary amides is 1. The molecule has 0 bridgehead atoms. The summed E-state index contributed by atoms with van der Waals surface area (Å²) in [6.45, 7) is 0. The number of nitrogens with two attached hydrogens (primary N) is 1. The molecule has 0 spiro atoms. The van der Waals surface area contributed by atoms with Gasteiger partial charge in [0.2, 0.25) is 5.95 Å². The number of amides is 2. The Bertz CT molecular complexity index is 1760. The molecule has 0 aliphatic carbocycles. The van der Waals surface area contributed by atoms with Gasteiger partial charge in [-0.2, -0.15) is 32.3 Å². The summed E-state index contributed by atoms with van der Waals surface area (Å²) in [4.78, 5) is 17.5. The minimum atomic E-state index is -4.70. The van der Waals surface area contributed by atoms with Crippen molar-refractivity contribution in [2.24, 2.45) is 16.0 Å². The van der Waals surface area contributed by atoms with Crippen LogP contribution in [-0.2, 0) is 19.5 Å². The number of fused-ring (bicyclic) bond motifs is 1. The molecule has 0 fully saturated rings. The summed E-state index contributed by atoms with van der Waals surface area (Å²) in [5.41, 5.74) is 5.67. The second-order valence-electron chi connectivity index (χ2n) is 7.52. The summed E-state index contributed by atoms with van der Waals surface area (Å²) >= 11 is 6.27. The van der Waals surface area contributed by atoms with E-state index in [-0.39, 0.29) is 38.8 Å². The predicted molar refractivity (Wildman–Crippen MR) is 138 cm³/mol. The van der Waals surface area contributed by atoms with E-state index in [9.17, 15) is 26.5 Å². The maximum atomic E-state index is 13.6. The van der Waals surface area contributed by atoms with Crippen LogP contribution >= 0.6 is 23.6 Å². The van der Waals surface area contributed by atoms with Crippen LogP contribution in [0.25, 0.3) is 10.8 Å². The monoisotopic (exact) mass is 613 g/mol. The number of nitrogens with one attached hydrogen (secondary N) is 2. The highest BCUT2D eigenvalue weighted by Crippen LogP contribution is 2.35. The number of benzene rings is 3. The van der Waals surface area contributed by atoms with E-state index in [4.69, 9.17) is 22.6 Å². The van der Waals surface area contributed by atoms with Crippen LogP contribution in [-0.4, -0.2) is 34.2 Å². The van der Waals surface area contributed by atoms with Crippen molar-refractivity contribution in [3.63, 3.8) is 0 Å². The summed E-state index contributed by atoms with van der Waals surface area (Å²) in [5.74, 6) is -1.67. The fourth-order valence-corrected chi connectivity index (χ4v) is 4.71. The van der Waals surface area contributed by atoms with E-state index in [1.54, 1.807) is 0 Å². The molecular formula is C21H14ClF2N7O7S2. The third-order valence-electron chi connectivity index (χ3n) is 4.89. The number of hydrogen-bond acceptors (Lipinski definition) is 12. The molecule has 3 aromatic carbocycles. The summed E-state index contributed by atoms with van der Waals surface area (Å²) in [6, 6.07) is 10.0. The number of anilines is 3. The molecule has 4 rings (SSSR count). The van der Waals surface area contributed by atoms with E-state index in [1.165, 1.54) is 42.5 Å². The number of nitrogens with zero attached hydrogens (tertiary/aromatic N) is 4. The first-order chi connectivity index (χ1) is 18.9. The van der Waals surface area contributed by atoms with Crippen LogP contribution in [0.3, 0.4) is 0 Å². The van der Waals surface area contributed by atoms with Crippen LogP contribution in [0, 0.1) is 12.0 Å². The molecule has 0 unspecified atom stereocenters. The maximum absolute atomic E-state index is 13.6. The fraction of sp³-hybridized carbons (Fsp3) is 0. The lowest BCUT2D eigenvalue weighted by molar-refractivity contribution is -0.432. The molecule has 208 valence electrons. The average molecular weight is 614 g/mol. The lowest BCUT2D eigenvalue weighted by Crippen LogP contribution is -2.19. The zero-order valence-electron chi connectivity index (χ0n) is 19.4. The third-order valence-corrected chi connectivity index (χ3v) is 6.67. The minimum Gasteiger partial charge on any atom is -0.351 e. The highest BCUT2D eigenvalue weighted by Gasteiger charge is 2.18. The standard InChI is InChI=1S/C21H14ClF2N7O7S2/c22-17-18(23)28-20(24)29-19(17)26-10-3-4-14(15(7-10)27-21(25)32)31-30-11-2-1-9-5-12(39-38-37-33)8-16(13(9)6-11)40(34,35)36/h1-8,33H,(H3,25,27,32)(H,26,28,29)(H,34,35,36). The van der Waals surface area contributed by atoms with Gasteiger partial charge in [-0.15, -0.1) is 9.45 Å². The Kier molecular flexibility index (Phi) is 8.69. The molecule has 0 radical (unpaired) electrons. The van der Waals surface area contributed by atoms with Crippen molar-refractivity contribution < 1.29 is 41.2 Å². The molecule has 2 amide bonds. The summed E-state index contributed by atoms with van der Waals surface area (Å²) in [5, 5.41) is 24.7. The average Bonchev–Trinajstić information content (AvgIpc) is 2.88. The van der Waals surface area contributed by atoms with Gasteiger partial charge in [0, 0.05) is 16.0 Å². The molecule has 0 aliphatic heterocycles. The lowest BCUT2D eigenvalue weighted by Gasteiger charge is -2.11. The molecule has 14 nitrogen and oxygen atoms in total. The van der Waals surface area contributed by atoms with Gasteiger partial charge in [0.05, 0.1) is 23.4 Å². The van der Waals surface area contributed by atoms with Crippen molar-refractivity contribution in [2.75, 3.05) is 10.6 Å². The van der Waals surface area contributed by atoms with Gasteiger partial charge in [-0.25, -0.2) is 10.1 Å². The van der Waals surface area contributed by atoms with Crippen molar-refractivity contribution >= 4 is 79.1 Å². The number of hydrogen-bond donors (Lipinski definition) is 5.